The number of rotatable bonds is 3. The van der Waals surface area contributed by atoms with Gasteiger partial charge in [0.1, 0.15) is 5.82 Å². The zero-order chi connectivity index (χ0) is 17.7. The molecule has 0 bridgehead atoms. The Kier molecular flexibility index (Phi) is 3.69. The van der Waals surface area contributed by atoms with Crippen molar-refractivity contribution in [2.45, 2.75) is 19.5 Å². The Balaban J connectivity index is 1.51. The molecule has 3 aromatic heterocycles. The molecule has 132 valence electrons. The SMILES string of the molecule is Cn1c2c(n3cc(-c4ccc(F)cc4)nc13)CN(Cc1cccs1)CC2. The van der Waals surface area contributed by atoms with Crippen molar-refractivity contribution >= 4 is 17.1 Å². The van der Waals surface area contributed by atoms with Gasteiger partial charge in [-0.2, -0.15) is 0 Å². The molecule has 0 fully saturated rings. The maximum atomic E-state index is 13.2. The second-order valence-corrected chi connectivity index (χ2v) is 7.83. The number of hydrogen-bond donors (Lipinski definition) is 0. The summed E-state index contributed by atoms with van der Waals surface area (Å²) in [4.78, 5) is 8.70. The second kappa shape index (κ2) is 6.07. The highest BCUT2D eigenvalue weighted by atomic mass is 32.1. The predicted molar refractivity (Wildman–Crippen MR) is 102 cm³/mol. The third-order valence-electron chi connectivity index (χ3n) is 5.15. The lowest BCUT2D eigenvalue weighted by molar-refractivity contribution is 0.241. The molecule has 5 rings (SSSR count). The van der Waals surface area contributed by atoms with Crippen molar-refractivity contribution < 1.29 is 4.39 Å². The summed E-state index contributed by atoms with van der Waals surface area (Å²) in [6.45, 7) is 2.98. The summed E-state index contributed by atoms with van der Waals surface area (Å²) in [6.07, 6.45) is 3.11. The largest absolute Gasteiger partial charge is 0.317 e. The Morgan fingerprint density at radius 3 is 2.77 bits per heavy atom. The van der Waals surface area contributed by atoms with Crippen LogP contribution in [0.4, 0.5) is 4.39 Å². The Hall–Kier alpha value is -2.44. The zero-order valence-electron chi connectivity index (χ0n) is 14.5. The number of fused-ring (bicyclic) bond motifs is 3. The molecule has 0 atom stereocenters. The Labute approximate surface area is 155 Å². The molecular formula is C20H19FN4S. The van der Waals surface area contributed by atoms with Crippen LogP contribution in [0.25, 0.3) is 17.0 Å². The van der Waals surface area contributed by atoms with Crippen LogP contribution in [0.5, 0.6) is 0 Å². The molecule has 0 unspecified atom stereocenters. The number of nitrogens with zero attached hydrogens (tertiary/aromatic N) is 4. The average Bonchev–Trinajstić information content (AvgIpc) is 3.35. The molecule has 6 heteroatoms. The van der Waals surface area contributed by atoms with E-state index in [1.165, 1.54) is 28.4 Å². The molecule has 0 saturated carbocycles. The highest BCUT2D eigenvalue weighted by Crippen LogP contribution is 2.28. The maximum absolute atomic E-state index is 13.2. The summed E-state index contributed by atoms with van der Waals surface area (Å²) in [7, 11) is 2.09. The molecule has 1 aliphatic heterocycles. The van der Waals surface area contributed by atoms with Gasteiger partial charge in [0.15, 0.2) is 0 Å². The van der Waals surface area contributed by atoms with E-state index in [0.29, 0.717) is 0 Å². The molecule has 0 spiro atoms. The first-order chi connectivity index (χ1) is 12.7. The van der Waals surface area contributed by atoms with Gasteiger partial charge in [0.2, 0.25) is 5.78 Å². The topological polar surface area (TPSA) is 25.5 Å². The summed E-state index contributed by atoms with van der Waals surface area (Å²) in [5.41, 5.74) is 4.50. The van der Waals surface area contributed by atoms with Crippen molar-refractivity contribution in [3.63, 3.8) is 0 Å². The molecule has 1 aliphatic rings. The zero-order valence-corrected chi connectivity index (χ0v) is 15.3. The number of thiophene rings is 1. The highest BCUT2D eigenvalue weighted by Gasteiger charge is 2.24. The van der Waals surface area contributed by atoms with Gasteiger partial charge >= 0.3 is 0 Å². The quantitative estimate of drug-likeness (QED) is 0.545. The van der Waals surface area contributed by atoms with E-state index >= 15 is 0 Å². The maximum Gasteiger partial charge on any atom is 0.214 e. The van der Waals surface area contributed by atoms with Crippen molar-refractivity contribution in [3.05, 3.63) is 70.1 Å². The van der Waals surface area contributed by atoms with Crippen LogP contribution < -0.4 is 0 Å². The molecule has 4 aromatic rings. The van der Waals surface area contributed by atoms with Crippen LogP contribution in [0.1, 0.15) is 16.3 Å². The van der Waals surface area contributed by atoms with Gasteiger partial charge in [-0.15, -0.1) is 11.3 Å². The van der Waals surface area contributed by atoms with Crippen molar-refractivity contribution in [1.29, 1.82) is 0 Å². The van der Waals surface area contributed by atoms with E-state index in [1.54, 1.807) is 12.1 Å². The minimum Gasteiger partial charge on any atom is -0.317 e. The third-order valence-corrected chi connectivity index (χ3v) is 6.01. The number of benzene rings is 1. The van der Waals surface area contributed by atoms with E-state index in [9.17, 15) is 4.39 Å². The van der Waals surface area contributed by atoms with Crippen molar-refractivity contribution in [1.82, 2.24) is 18.9 Å². The van der Waals surface area contributed by atoms with E-state index < -0.39 is 0 Å². The first kappa shape index (κ1) is 15.8. The normalized spacial score (nSPS) is 14.8. The number of hydrogen-bond acceptors (Lipinski definition) is 3. The van der Waals surface area contributed by atoms with Crippen LogP contribution in [-0.2, 0) is 26.6 Å². The number of aryl methyl sites for hydroxylation is 1. The van der Waals surface area contributed by atoms with Gasteiger partial charge in [-0.25, -0.2) is 9.37 Å². The first-order valence-corrected chi connectivity index (χ1v) is 9.63. The molecule has 0 N–H and O–H groups in total. The molecule has 4 heterocycles. The minimum absolute atomic E-state index is 0.223. The molecule has 0 radical (unpaired) electrons. The van der Waals surface area contributed by atoms with E-state index in [1.807, 2.05) is 11.3 Å². The average molecular weight is 366 g/mol. The van der Waals surface area contributed by atoms with E-state index in [2.05, 4.69) is 44.6 Å². The van der Waals surface area contributed by atoms with E-state index in [0.717, 1.165) is 43.1 Å². The lowest BCUT2D eigenvalue weighted by Gasteiger charge is -2.26. The summed E-state index contributed by atoms with van der Waals surface area (Å²) in [6, 6.07) is 10.8. The molecule has 26 heavy (non-hydrogen) atoms. The van der Waals surface area contributed by atoms with E-state index in [4.69, 9.17) is 4.98 Å². The second-order valence-electron chi connectivity index (χ2n) is 6.80. The van der Waals surface area contributed by atoms with Crippen LogP contribution in [0, 0.1) is 5.82 Å². The first-order valence-electron chi connectivity index (χ1n) is 8.75. The Bertz CT molecular complexity index is 1060. The monoisotopic (exact) mass is 366 g/mol. The van der Waals surface area contributed by atoms with E-state index in [-0.39, 0.29) is 5.82 Å². The molecule has 0 aliphatic carbocycles. The van der Waals surface area contributed by atoms with Gasteiger partial charge in [0, 0.05) is 55.4 Å². The number of aromatic nitrogens is 3. The summed E-state index contributed by atoms with van der Waals surface area (Å²) in [5, 5.41) is 2.14. The highest BCUT2D eigenvalue weighted by molar-refractivity contribution is 7.09. The lowest BCUT2D eigenvalue weighted by Crippen LogP contribution is -2.30. The predicted octanol–water partition coefficient (Wildman–Crippen LogP) is 4.10. The number of imidazole rings is 2. The van der Waals surface area contributed by atoms with Gasteiger partial charge in [-0.3, -0.25) is 9.30 Å². The molecular weight excluding hydrogens is 347 g/mol. The van der Waals surface area contributed by atoms with Crippen LogP contribution in [0.2, 0.25) is 0 Å². The fourth-order valence-electron chi connectivity index (χ4n) is 3.81. The van der Waals surface area contributed by atoms with Gasteiger partial charge in [0.25, 0.3) is 0 Å². The third kappa shape index (κ3) is 2.57. The Morgan fingerprint density at radius 1 is 1.15 bits per heavy atom. The molecule has 4 nitrogen and oxygen atoms in total. The fourth-order valence-corrected chi connectivity index (χ4v) is 4.56. The number of halogens is 1. The summed E-state index contributed by atoms with van der Waals surface area (Å²) in [5.74, 6) is 0.728. The van der Waals surface area contributed by atoms with Gasteiger partial charge < -0.3 is 4.57 Å². The Morgan fingerprint density at radius 2 is 2.00 bits per heavy atom. The molecule has 0 amide bonds. The lowest BCUT2D eigenvalue weighted by atomic mass is 10.1. The summed E-state index contributed by atoms with van der Waals surface area (Å²) >= 11 is 1.81. The van der Waals surface area contributed by atoms with Crippen molar-refractivity contribution in [2.75, 3.05) is 6.54 Å². The smallest absolute Gasteiger partial charge is 0.214 e. The fraction of sp³-hybridized carbons (Fsp3) is 0.250. The summed E-state index contributed by atoms with van der Waals surface area (Å²) < 4.78 is 17.6. The standard InChI is InChI=1S/C20H19FN4S/c1-23-18-8-9-24(11-16-3-2-10-26-16)13-19(18)25-12-17(22-20(23)25)14-4-6-15(21)7-5-14/h2-7,10,12H,8-9,11,13H2,1H3. The van der Waals surface area contributed by atoms with Crippen molar-refractivity contribution in [3.8, 4) is 11.3 Å². The van der Waals surface area contributed by atoms with Crippen LogP contribution in [0.15, 0.2) is 48.0 Å². The minimum atomic E-state index is -0.223. The van der Waals surface area contributed by atoms with Gasteiger partial charge in [-0.1, -0.05) is 6.07 Å². The molecule has 1 aromatic carbocycles. The van der Waals surface area contributed by atoms with Crippen LogP contribution in [0.3, 0.4) is 0 Å². The molecule has 0 saturated heterocycles. The van der Waals surface area contributed by atoms with Crippen LogP contribution in [-0.4, -0.2) is 25.4 Å². The van der Waals surface area contributed by atoms with Crippen LogP contribution >= 0.6 is 11.3 Å². The van der Waals surface area contributed by atoms with Gasteiger partial charge in [-0.05, 0) is 35.7 Å². The van der Waals surface area contributed by atoms with Crippen molar-refractivity contribution in [2.24, 2.45) is 7.05 Å². The van der Waals surface area contributed by atoms with Gasteiger partial charge in [0.05, 0.1) is 11.4 Å².